The molecule has 6 nitrogen and oxygen atoms in total. The van der Waals surface area contributed by atoms with Gasteiger partial charge in [0.1, 0.15) is 0 Å². The van der Waals surface area contributed by atoms with E-state index in [-0.39, 0.29) is 17.4 Å². The van der Waals surface area contributed by atoms with Gasteiger partial charge in [0.15, 0.2) is 10.8 Å². The Kier molecular flexibility index (Phi) is 4.38. The normalized spacial score (nSPS) is 12.2. The minimum Gasteiger partial charge on any atom is -0.381 e. The molecule has 0 saturated carbocycles. The van der Waals surface area contributed by atoms with Crippen molar-refractivity contribution in [3.8, 4) is 0 Å². The van der Waals surface area contributed by atoms with E-state index in [4.69, 9.17) is 17.3 Å². The molecule has 0 atom stereocenters. The first-order valence-corrected chi connectivity index (χ1v) is 8.51. The number of hydrogen-bond donors (Lipinski definition) is 1. The lowest BCUT2D eigenvalue weighted by atomic mass is 10.4. The molecule has 0 aliphatic carbocycles. The molecule has 110 valence electrons. The number of imidazole rings is 1. The van der Waals surface area contributed by atoms with Gasteiger partial charge in [-0.2, -0.15) is 4.31 Å². The molecule has 0 aromatic carbocycles. The lowest BCUT2D eigenvalue weighted by molar-refractivity contribution is 0.422. The van der Waals surface area contributed by atoms with Crippen molar-refractivity contribution in [2.45, 2.75) is 18.5 Å². The third kappa shape index (κ3) is 2.83. The fraction of sp³-hybridized carbons (Fsp3) is 0.364. The maximum absolute atomic E-state index is 12.6. The largest absolute Gasteiger partial charge is 0.381 e. The van der Waals surface area contributed by atoms with E-state index >= 15 is 0 Å². The van der Waals surface area contributed by atoms with E-state index in [0.29, 0.717) is 10.9 Å². The number of aromatic nitrogens is 2. The van der Waals surface area contributed by atoms with Crippen LogP contribution in [0.5, 0.6) is 0 Å². The van der Waals surface area contributed by atoms with Crippen LogP contribution < -0.4 is 5.73 Å². The third-order valence-corrected chi connectivity index (χ3v) is 6.08. The van der Waals surface area contributed by atoms with Crippen LogP contribution in [0, 0.1) is 0 Å². The summed E-state index contributed by atoms with van der Waals surface area (Å²) < 4.78 is 28.7. The lowest BCUT2D eigenvalue weighted by Crippen LogP contribution is -2.31. The molecule has 0 aliphatic rings. The summed E-state index contributed by atoms with van der Waals surface area (Å²) in [5.74, 6) is 0.00941. The molecule has 0 unspecified atom stereocenters. The van der Waals surface area contributed by atoms with Crippen molar-refractivity contribution in [3.63, 3.8) is 0 Å². The van der Waals surface area contributed by atoms with Gasteiger partial charge in [-0.15, -0.1) is 11.3 Å². The summed E-state index contributed by atoms with van der Waals surface area (Å²) in [6.45, 7) is 2.38. The topological polar surface area (TPSA) is 81.2 Å². The van der Waals surface area contributed by atoms with Crippen LogP contribution in [0.15, 0.2) is 23.5 Å². The highest BCUT2D eigenvalue weighted by atomic mass is 35.5. The van der Waals surface area contributed by atoms with Crippen LogP contribution >= 0.6 is 22.9 Å². The molecule has 2 rings (SSSR count). The Morgan fingerprint density at radius 3 is 2.65 bits per heavy atom. The molecule has 9 heteroatoms. The van der Waals surface area contributed by atoms with Gasteiger partial charge in [-0.25, -0.2) is 13.4 Å². The lowest BCUT2D eigenvalue weighted by Gasteiger charge is -2.20. The summed E-state index contributed by atoms with van der Waals surface area (Å²) in [7, 11) is -2.08. The summed E-state index contributed by atoms with van der Waals surface area (Å²) in [5.41, 5.74) is 5.66. The van der Waals surface area contributed by atoms with Crippen LogP contribution in [0.25, 0.3) is 0 Å². The summed E-state index contributed by atoms with van der Waals surface area (Å²) in [4.78, 5) is 4.70. The SMILES string of the molecule is CCN(Cc1ccc(Cl)s1)S(=O)(=O)c1c(N)ncn1C. The molecule has 2 aromatic heterocycles. The Morgan fingerprint density at radius 2 is 2.20 bits per heavy atom. The molecule has 0 saturated heterocycles. The second kappa shape index (κ2) is 5.72. The Balaban J connectivity index is 2.35. The van der Waals surface area contributed by atoms with Gasteiger partial charge in [-0.3, -0.25) is 0 Å². The quantitative estimate of drug-likeness (QED) is 0.905. The van der Waals surface area contributed by atoms with E-state index < -0.39 is 10.0 Å². The minimum absolute atomic E-state index is 0.00941. The molecule has 0 bridgehead atoms. The van der Waals surface area contributed by atoms with Gasteiger partial charge in [0.05, 0.1) is 10.7 Å². The fourth-order valence-corrected chi connectivity index (χ4v) is 4.66. The second-order valence-electron chi connectivity index (χ2n) is 4.18. The average Bonchev–Trinajstić information content (AvgIpc) is 2.92. The smallest absolute Gasteiger partial charge is 0.262 e. The second-order valence-corrected chi connectivity index (χ2v) is 7.84. The number of nitrogens with two attached hydrogens (primary N) is 1. The van der Waals surface area contributed by atoms with E-state index in [1.165, 1.54) is 26.5 Å². The van der Waals surface area contributed by atoms with Gasteiger partial charge in [0.25, 0.3) is 10.0 Å². The van der Waals surface area contributed by atoms with Gasteiger partial charge >= 0.3 is 0 Å². The monoisotopic (exact) mass is 334 g/mol. The van der Waals surface area contributed by atoms with Gasteiger partial charge in [-0.1, -0.05) is 18.5 Å². The van der Waals surface area contributed by atoms with Crippen LogP contribution in [0.2, 0.25) is 4.34 Å². The predicted molar refractivity (Wildman–Crippen MR) is 80.2 cm³/mol. The highest BCUT2D eigenvalue weighted by molar-refractivity contribution is 7.89. The van der Waals surface area contributed by atoms with Crippen LogP contribution in [0.1, 0.15) is 11.8 Å². The van der Waals surface area contributed by atoms with Crippen molar-refractivity contribution < 1.29 is 8.42 Å². The number of nitrogens with zero attached hydrogens (tertiary/aromatic N) is 3. The molecule has 2 aromatic rings. The molecule has 20 heavy (non-hydrogen) atoms. The van der Waals surface area contributed by atoms with Crippen molar-refractivity contribution in [3.05, 3.63) is 27.7 Å². The van der Waals surface area contributed by atoms with Crippen molar-refractivity contribution >= 4 is 38.8 Å². The van der Waals surface area contributed by atoms with E-state index in [2.05, 4.69) is 4.98 Å². The minimum atomic E-state index is -3.69. The summed E-state index contributed by atoms with van der Waals surface area (Å²) in [6, 6.07) is 3.57. The summed E-state index contributed by atoms with van der Waals surface area (Å²) >= 11 is 7.23. The van der Waals surface area contributed by atoms with Crippen molar-refractivity contribution in [1.82, 2.24) is 13.9 Å². The number of anilines is 1. The maximum Gasteiger partial charge on any atom is 0.262 e. The number of rotatable bonds is 5. The Bertz CT molecular complexity index is 688. The van der Waals surface area contributed by atoms with E-state index in [0.717, 1.165) is 4.88 Å². The summed E-state index contributed by atoms with van der Waals surface area (Å²) in [5, 5.41) is 0.0157. The third-order valence-electron chi connectivity index (χ3n) is 2.81. The number of aryl methyl sites for hydroxylation is 1. The first-order valence-electron chi connectivity index (χ1n) is 5.87. The molecule has 0 aliphatic heterocycles. The molecule has 0 radical (unpaired) electrons. The summed E-state index contributed by atoms with van der Waals surface area (Å²) in [6.07, 6.45) is 1.39. The van der Waals surface area contributed by atoms with Gasteiger partial charge in [0, 0.05) is 25.0 Å². The number of nitrogen functional groups attached to an aromatic ring is 1. The highest BCUT2D eigenvalue weighted by Gasteiger charge is 2.29. The molecule has 2 N–H and O–H groups in total. The molecular formula is C11H15ClN4O2S2. The molecule has 0 amide bonds. The first kappa shape index (κ1) is 15.3. The standard InChI is InChI=1S/C11H15ClN4O2S2/c1-3-16(6-8-4-5-9(12)19-8)20(17,18)11-10(13)14-7-15(11)2/h4-5,7H,3,6,13H2,1-2H3. The molecule has 2 heterocycles. The number of sulfonamides is 1. The van der Waals surface area contributed by atoms with Crippen LogP contribution in [0.3, 0.4) is 0 Å². The molecule has 0 fully saturated rings. The highest BCUT2D eigenvalue weighted by Crippen LogP contribution is 2.26. The number of hydrogen-bond acceptors (Lipinski definition) is 5. The Hall–Kier alpha value is -1.09. The van der Waals surface area contributed by atoms with E-state index in [9.17, 15) is 8.42 Å². The van der Waals surface area contributed by atoms with Crippen LogP contribution in [-0.4, -0.2) is 28.8 Å². The van der Waals surface area contributed by atoms with Crippen molar-refractivity contribution in [2.24, 2.45) is 7.05 Å². The first-order chi connectivity index (χ1) is 9.36. The van der Waals surface area contributed by atoms with Gasteiger partial charge in [0.2, 0.25) is 0 Å². The maximum atomic E-state index is 12.6. The molecular weight excluding hydrogens is 320 g/mol. The van der Waals surface area contributed by atoms with Crippen molar-refractivity contribution in [1.29, 1.82) is 0 Å². The van der Waals surface area contributed by atoms with E-state index in [1.807, 2.05) is 6.07 Å². The van der Waals surface area contributed by atoms with Gasteiger partial charge < -0.3 is 10.3 Å². The number of thiophene rings is 1. The zero-order chi connectivity index (χ0) is 14.9. The van der Waals surface area contributed by atoms with Crippen molar-refractivity contribution in [2.75, 3.05) is 12.3 Å². The zero-order valence-corrected chi connectivity index (χ0v) is 13.5. The van der Waals surface area contributed by atoms with Gasteiger partial charge in [-0.05, 0) is 12.1 Å². The fourth-order valence-electron chi connectivity index (χ4n) is 1.85. The predicted octanol–water partition coefficient (Wildman–Crippen LogP) is 1.93. The van der Waals surface area contributed by atoms with E-state index in [1.54, 1.807) is 20.0 Å². The number of halogens is 1. The Labute approximate surface area is 126 Å². The van der Waals surface area contributed by atoms with Crippen LogP contribution in [0.4, 0.5) is 5.82 Å². The zero-order valence-electron chi connectivity index (χ0n) is 11.1. The van der Waals surface area contributed by atoms with Crippen LogP contribution in [-0.2, 0) is 23.6 Å². The molecule has 0 spiro atoms. The average molecular weight is 335 g/mol. The Morgan fingerprint density at radius 1 is 1.50 bits per heavy atom.